The highest BCUT2D eigenvalue weighted by atomic mass is 32.2. The van der Waals surface area contributed by atoms with Crippen molar-refractivity contribution in [2.75, 3.05) is 27.2 Å². The molecule has 9 heteroatoms. The smallest absolute Gasteiger partial charge is 0.335 e. The van der Waals surface area contributed by atoms with E-state index in [1.54, 1.807) is 14.1 Å². The van der Waals surface area contributed by atoms with Crippen LogP contribution in [-0.2, 0) is 10.0 Å². The van der Waals surface area contributed by atoms with E-state index in [2.05, 4.69) is 10.0 Å². The molecule has 0 heterocycles. The summed E-state index contributed by atoms with van der Waals surface area (Å²) in [6.45, 7) is 0.119. The molecule has 0 aromatic heterocycles. The minimum absolute atomic E-state index is 0.000781. The number of urea groups is 1. The molecule has 21 heavy (non-hydrogen) atoms. The van der Waals surface area contributed by atoms with Gasteiger partial charge in [0.25, 0.3) is 0 Å². The molecule has 0 saturated carbocycles. The number of hydrogen-bond acceptors (Lipinski definition) is 4. The van der Waals surface area contributed by atoms with E-state index in [1.807, 2.05) is 0 Å². The van der Waals surface area contributed by atoms with Crippen LogP contribution >= 0.6 is 0 Å². The van der Waals surface area contributed by atoms with Gasteiger partial charge in [0.2, 0.25) is 10.0 Å². The van der Waals surface area contributed by atoms with Crippen molar-refractivity contribution in [1.82, 2.24) is 14.9 Å². The van der Waals surface area contributed by atoms with Crippen molar-refractivity contribution in [2.45, 2.75) is 4.90 Å². The number of carboxylic acids is 1. The molecule has 0 atom stereocenters. The van der Waals surface area contributed by atoms with E-state index in [9.17, 15) is 18.0 Å². The van der Waals surface area contributed by atoms with E-state index in [-0.39, 0.29) is 29.6 Å². The van der Waals surface area contributed by atoms with Crippen molar-refractivity contribution in [3.05, 3.63) is 29.8 Å². The van der Waals surface area contributed by atoms with Gasteiger partial charge >= 0.3 is 12.0 Å². The standard InChI is InChI=1S/C12H17N3O5S/c1-15(2)12(18)13-6-7-14-21(19,20)10-5-3-4-9(8-10)11(16)17/h3-5,8,14H,6-7H2,1-2H3,(H,13,18)(H,16,17). The van der Waals surface area contributed by atoms with Gasteiger partial charge in [0.15, 0.2) is 0 Å². The second-order valence-corrected chi connectivity index (χ2v) is 6.12. The van der Waals surface area contributed by atoms with E-state index in [0.717, 1.165) is 6.07 Å². The molecule has 3 N–H and O–H groups in total. The largest absolute Gasteiger partial charge is 0.478 e. The third-order valence-electron chi connectivity index (χ3n) is 2.49. The average Bonchev–Trinajstić information content (AvgIpc) is 2.43. The van der Waals surface area contributed by atoms with Gasteiger partial charge in [-0.15, -0.1) is 0 Å². The Morgan fingerprint density at radius 1 is 1.24 bits per heavy atom. The monoisotopic (exact) mass is 315 g/mol. The van der Waals surface area contributed by atoms with Gasteiger partial charge in [0.1, 0.15) is 0 Å². The summed E-state index contributed by atoms with van der Waals surface area (Å²) >= 11 is 0. The van der Waals surface area contributed by atoms with Crippen LogP contribution in [-0.4, -0.2) is 57.6 Å². The lowest BCUT2D eigenvalue weighted by atomic mass is 10.2. The molecule has 8 nitrogen and oxygen atoms in total. The fourth-order valence-corrected chi connectivity index (χ4v) is 2.47. The summed E-state index contributed by atoms with van der Waals surface area (Å²) in [5.74, 6) is -1.20. The van der Waals surface area contributed by atoms with Gasteiger partial charge in [-0.1, -0.05) is 6.07 Å². The van der Waals surface area contributed by atoms with Gasteiger partial charge in [-0.2, -0.15) is 0 Å². The average molecular weight is 315 g/mol. The number of benzene rings is 1. The molecule has 0 unspecified atom stereocenters. The first-order valence-corrected chi connectivity index (χ1v) is 7.50. The summed E-state index contributed by atoms with van der Waals surface area (Å²) in [4.78, 5) is 23.2. The first kappa shape index (κ1) is 16.9. The summed E-state index contributed by atoms with van der Waals surface area (Å²) < 4.78 is 26.2. The maximum absolute atomic E-state index is 12.0. The molecule has 0 aliphatic heterocycles. The van der Waals surface area contributed by atoms with Crippen LogP contribution in [0.3, 0.4) is 0 Å². The maximum Gasteiger partial charge on any atom is 0.335 e. The highest BCUT2D eigenvalue weighted by Crippen LogP contribution is 2.11. The fourth-order valence-electron chi connectivity index (χ4n) is 1.39. The van der Waals surface area contributed by atoms with Crippen molar-refractivity contribution < 1.29 is 23.1 Å². The minimum Gasteiger partial charge on any atom is -0.478 e. The van der Waals surface area contributed by atoms with Crippen LogP contribution in [0.4, 0.5) is 4.79 Å². The second-order valence-electron chi connectivity index (χ2n) is 4.36. The summed E-state index contributed by atoms with van der Waals surface area (Å²) in [6, 6.07) is 4.70. The first-order chi connectivity index (χ1) is 9.74. The summed E-state index contributed by atoms with van der Waals surface area (Å²) in [5.41, 5.74) is -0.112. The lowest BCUT2D eigenvalue weighted by molar-refractivity contribution is 0.0696. The van der Waals surface area contributed by atoms with Crippen molar-refractivity contribution >= 4 is 22.0 Å². The van der Waals surface area contributed by atoms with Gasteiger partial charge in [-0.05, 0) is 18.2 Å². The molecular weight excluding hydrogens is 298 g/mol. The van der Waals surface area contributed by atoms with Gasteiger partial charge in [-0.25, -0.2) is 22.7 Å². The van der Waals surface area contributed by atoms with Gasteiger partial charge in [0.05, 0.1) is 10.5 Å². The number of carbonyl (C=O) groups is 2. The number of amides is 2. The predicted molar refractivity (Wildman–Crippen MR) is 75.7 cm³/mol. The summed E-state index contributed by atoms with van der Waals surface area (Å²) in [6.07, 6.45) is 0. The highest BCUT2D eigenvalue weighted by Gasteiger charge is 2.15. The van der Waals surface area contributed by atoms with Gasteiger partial charge < -0.3 is 15.3 Å². The number of hydrogen-bond donors (Lipinski definition) is 3. The molecule has 0 spiro atoms. The Balaban J connectivity index is 2.64. The van der Waals surface area contributed by atoms with E-state index < -0.39 is 16.0 Å². The summed E-state index contributed by atoms with van der Waals surface area (Å²) in [7, 11) is -0.680. The van der Waals surface area contributed by atoms with Crippen LogP contribution in [0.25, 0.3) is 0 Å². The molecule has 2 amide bonds. The molecule has 0 aliphatic carbocycles. The lowest BCUT2D eigenvalue weighted by Crippen LogP contribution is -2.39. The van der Waals surface area contributed by atoms with Crippen molar-refractivity contribution in [3.63, 3.8) is 0 Å². The maximum atomic E-state index is 12.0. The van der Waals surface area contributed by atoms with Crippen molar-refractivity contribution in [2.24, 2.45) is 0 Å². The Bertz CT molecular complexity index is 628. The van der Waals surface area contributed by atoms with Gasteiger partial charge in [-0.3, -0.25) is 0 Å². The Labute approximate surface area is 122 Å². The van der Waals surface area contributed by atoms with Crippen LogP contribution in [0.2, 0.25) is 0 Å². The van der Waals surface area contributed by atoms with E-state index in [1.165, 1.54) is 23.1 Å². The number of aromatic carboxylic acids is 1. The molecular formula is C12H17N3O5S. The fraction of sp³-hybridized carbons (Fsp3) is 0.333. The van der Waals surface area contributed by atoms with E-state index in [0.29, 0.717) is 0 Å². The van der Waals surface area contributed by atoms with E-state index in [4.69, 9.17) is 5.11 Å². The molecule has 1 aromatic rings. The van der Waals surface area contributed by atoms with Crippen molar-refractivity contribution in [1.29, 1.82) is 0 Å². The molecule has 1 aromatic carbocycles. The molecule has 1 rings (SSSR count). The van der Waals surface area contributed by atoms with E-state index >= 15 is 0 Å². The molecule has 116 valence electrons. The topological polar surface area (TPSA) is 116 Å². The quantitative estimate of drug-likeness (QED) is 0.636. The Kier molecular flexibility index (Phi) is 5.68. The zero-order chi connectivity index (χ0) is 16.0. The third-order valence-corrected chi connectivity index (χ3v) is 3.95. The summed E-state index contributed by atoms with van der Waals surface area (Å²) in [5, 5.41) is 11.3. The molecule has 0 bridgehead atoms. The normalized spacial score (nSPS) is 11.0. The molecule has 0 saturated heterocycles. The first-order valence-electron chi connectivity index (χ1n) is 6.02. The van der Waals surface area contributed by atoms with Gasteiger partial charge in [0, 0.05) is 27.2 Å². The van der Waals surface area contributed by atoms with Crippen molar-refractivity contribution in [3.8, 4) is 0 Å². The number of nitrogens with zero attached hydrogens (tertiary/aromatic N) is 1. The Morgan fingerprint density at radius 2 is 1.90 bits per heavy atom. The Morgan fingerprint density at radius 3 is 2.48 bits per heavy atom. The molecule has 0 fully saturated rings. The Hall–Kier alpha value is -2.13. The molecule has 0 aliphatic rings. The zero-order valence-corrected chi connectivity index (χ0v) is 12.5. The number of sulfonamides is 1. The number of nitrogens with one attached hydrogen (secondary N) is 2. The second kappa shape index (κ2) is 7.04. The SMILES string of the molecule is CN(C)C(=O)NCCNS(=O)(=O)c1cccc(C(=O)O)c1. The van der Waals surface area contributed by atoms with Crippen LogP contribution < -0.4 is 10.0 Å². The number of rotatable bonds is 6. The van der Waals surface area contributed by atoms with Crippen LogP contribution in [0.1, 0.15) is 10.4 Å². The van der Waals surface area contributed by atoms with Crippen LogP contribution in [0.15, 0.2) is 29.2 Å². The number of carbonyl (C=O) groups excluding carboxylic acids is 1. The predicted octanol–water partition coefficient (Wildman–Crippen LogP) is -0.0657. The van der Waals surface area contributed by atoms with Crippen LogP contribution in [0.5, 0.6) is 0 Å². The third kappa shape index (κ3) is 5.04. The van der Waals surface area contributed by atoms with Crippen LogP contribution in [0, 0.1) is 0 Å². The zero-order valence-electron chi connectivity index (χ0n) is 11.7. The number of carboxylic acid groups (broad SMARTS) is 1. The highest BCUT2D eigenvalue weighted by molar-refractivity contribution is 7.89. The minimum atomic E-state index is -3.81. The lowest BCUT2D eigenvalue weighted by Gasteiger charge is -2.12. The molecule has 0 radical (unpaired) electrons.